The first kappa shape index (κ1) is 8.34. The molecule has 4 nitrogen and oxygen atoms in total. The van der Waals surface area contributed by atoms with Gasteiger partial charge in [-0.15, -0.1) is 6.42 Å². The van der Waals surface area contributed by atoms with Crippen LogP contribution in [0.1, 0.15) is 16.1 Å². The zero-order valence-electron chi connectivity index (χ0n) is 6.61. The molecule has 1 rings (SSSR count). The molecule has 0 aromatic carbocycles. The lowest BCUT2D eigenvalue weighted by Crippen LogP contribution is -2.03. The number of carboxylic acid groups (broad SMARTS) is 1. The maximum atomic E-state index is 10.5. The summed E-state index contributed by atoms with van der Waals surface area (Å²) in [6.45, 7) is 1.98. The van der Waals surface area contributed by atoms with E-state index in [0.29, 0.717) is 12.2 Å². The van der Waals surface area contributed by atoms with Crippen molar-refractivity contribution >= 4 is 5.97 Å². The molecule has 12 heavy (non-hydrogen) atoms. The highest BCUT2D eigenvalue weighted by Gasteiger charge is 2.11. The standard InChI is InChI=1S/C8H8N2O2/c1-3-4-10-6(2)7(5-9-10)8(11)12/h1,5H,4H2,2H3,(H,11,12). The van der Waals surface area contributed by atoms with Crippen molar-refractivity contribution in [3.8, 4) is 12.3 Å². The Morgan fingerprint density at radius 2 is 2.58 bits per heavy atom. The summed E-state index contributed by atoms with van der Waals surface area (Å²) in [5.41, 5.74) is 0.783. The molecule has 0 fully saturated rings. The lowest BCUT2D eigenvalue weighted by molar-refractivity contribution is 0.0696. The molecule has 0 saturated heterocycles. The number of rotatable bonds is 2. The van der Waals surface area contributed by atoms with E-state index in [2.05, 4.69) is 11.0 Å². The van der Waals surface area contributed by atoms with Crippen LogP contribution in [0.25, 0.3) is 0 Å². The Balaban J connectivity index is 3.06. The molecule has 0 aliphatic carbocycles. The molecule has 0 spiro atoms. The molecule has 0 unspecified atom stereocenters. The monoisotopic (exact) mass is 164 g/mol. The van der Waals surface area contributed by atoms with Crippen LogP contribution in [0.5, 0.6) is 0 Å². The SMILES string of the molecule is C#CCn1ncc(C(=O)O)c1C. The molecular formula is C8H8N2O2. The van der Waals surface area contributed by atoms with Crippen molar-refractivity contribution in [1.29, 1.82) is 0 Å². The first-order chi connectivity index (χ1) is 5.66. The van der Waals surface area contributed by atoms with Crippen molar-refractivity contribution in [2.75, 3.05) is 0 Å². The number of nitrogens with zero attached hydrogens (tertiary/aromatic N) is 2. The maximum Gasteiger partial charge on any atom is 0.339 e. The Labute approximate surface area is 69.8 Å². The van der Waals surface area contributed by atoms with Crippen molar-refractivity contribution in [3.63, 3.8) is 0 Å². The first-order valence-electron chi connectivity index (χ1n) is 3.36. The summed E-state index contributed by atoms with van der Waals surface area (Å²) >= 11 is 0. The molecule has 0 radical (unpaired) electrons. The second-order valence-corrected chi connectivity index (χ2v) is 2.31. The minimum atomic E-state index is -0.976. The van der Waals surface area contributed by atoms with Gasteiger partial charge in [0.1, 0.15) is 12.1 Å². The third kappa shape index (κ3) is 1.30. The van der Waals surface area contributed by atoms with Crippen LogP contribution in [-0.4, -0.2) is 20.9 Å². The predicted molar refractivity (Wildman–Crippen MR) is 42.8 cm³/mol. The van der Waals surface area contributed by atoms with Gasteiger partial charge >= 0.3 is 5.97 Å². The molecule has 0 aliphatic rings. The highest BCUT2D eigenvalue weighted by molar-refractivity contribution is 5.88. The first-order valence-corrected chi connectivity index (χ1v) is 3.36. The fraction of sp³-hybridized carbons (Fsp3) is 0.250. The molecule has 1 heterocycles. The lowest BCUT2D eigenvalue weighted by Gasteiger charge is -1.97. The summed E-state index contributed by atoms with van der Waals surface area (Å²) in [7, 11) is 0. The Morgan fingerprint density at radius 1 is 1.92 bits per heavy atom. The van der Waals surface area contributed by atoms with Gasteiger partial charge in [0.25, 0.3) is 0 Å². The Kier molecular flexibility index (Phi) is 2.15. The van der Waals surface area contributed by atoms with Gasteiger partial charge in [0.15, 0.2) is 0 Å². The van der Waals surface area contributed by atoms with E-state index in [1.807, 2.05) is 0 Å². The minimum absolute atomic E-state index is 0.199. The summed E-state index contributed by atoms with van der Waals surface area (Å²) in [6, 6.07) is 0. The zero-order chi connectivity index (χ0) is 9.14. The summed E-state index contributed by atoms with van der Waals surface area (Å²) < 4.78 is 1.48. The fourth-order valence-electron chi connectivity index (χ4n) is 0.902. The third-order valence-electron chi connectivity index (χ3n) is 1.57. The van der Waals surface area contributed by atoms with Gasteiger partial charge in [-0.05, 0) is 6.92 Å². The zero-order valence-corrected chi connectivity index (χ0v) is 6.61. The molecule has 62 valence electrons. The quantitative estimate of drug-likeness (QED) is 0.648. The van der Waals surface area contributed by atoms with E-state index < -0.39 is 5.97 Å². The number of aromatic carboxylic acids is 1. The second-order valence-electron chi connectivity index (χ2n) is 2.31. The number of terminal acetylenes is 1. The van der Waals surface area contributed by atoms with Gasteiger partial charge in [0, 0.05) is 0 Å². The lowest BCUT2D eigenvalue weighted by atomic mass is 10.3. The highest BCUT2D eigenvalue weighted by Crippen LogP contribution is 2.05. The van der Waals surface area contributed by atoms with Gasteiger partial charge in [-0.25, -0.2) is 4.79 Å². The van der Waals surface area contributed by atoms with Crippen molar-refractivity contribution in [3.05, 3.63) is 17.5 Å². The van der Waals surface area contributed by atoms with Crippen LogP contribution >= 0.6 is 0 Å². The Hall–Kier alpha value is -1.76. The molecule has 0 atom stereocenters. The van der Waals surface area contributed by atoms with E-state index in [9.17, 15) is 4.79 Å². The fourth-order valence-corrected chi connectivity index (χ4v) is 0.902. The molecule has 4 heteroatoms. The minimum Gasteiger partial charge on any atom is -0.478 e. The van der Waals surface area contributed by atoms with E-state index in [1.165, 1.54) is 10.9 Å². The van der Waals surface area contributed by atoms with E-state index in [0.717, 1.165) is 0 Å². The number of aromatic nitrogens is 2. The van der Waals surface area contributed by atoms with Crippen LogP contribution in [0.3, 0.4) is 0 Å². The van der Waals surface area contributed by atoms with Crippen LogP contribution in [0.4, 0.5) is 0 Å². The van der Waals surface area contributed by atoms with E-state index in [4.69, 9.17) is 11.5 Å². The van der Waals surface area contributed by atoms with Crippen molar-refractivity contribution in [2.45, 2.75) is 13.5 Å². The molecule has 0 aliphatic heterocycles. The van der Waals surface area contributed by atoms with E-state index >= 15 is 0 Å². The van der Waals surface area contributed by atoms with Crippen molar-refractivity contribution in [1.82, 2.24) is 9.78 Å². The molecule has 0 bridgehead atoms. The van der Waals surface area contributed by atoms with Crippen molar-refractivity contribution < 1.29 is 9.90 Å². The normalized spacial score (nSPS) is 9.33. The van der Waals surface area contributed by atoms with Crippen molar-refractivity contribution in [2.24, 2.45) is 0 Å². The number of carboxylic acids is 1. The summed E-state index contributed by atoms with van der Waals surface area (Å²) in [6.07, 6.45) is 6.36. The molecule has 1 N–H and O–H groups in total. The van der Waals surface area contributed by atoms with Crippen LogP contribution in [-0.2, 0) is 6.54 Å². The summed E-state index contributed by atoms with van der Waals surface area (Å²) in [4.78, 5) is 10.5. The third-order valence-corrected chi connectivity index (χ3v) is 1.57. The Bertz CT molecular complexity index is 346. The van der Waals surface area contributed by atoms with Gasteiger partial charge in [-0.2, -0.15) is 5.10 Å². The predicted octanol–water partition coefficient (Wildman–Crippen LogP) is 0.523. The number of hydrogen-bond donors (Lipinski definition) is 1. The van der Waals surface area contributed by atoms with Crippen LogP contribution in [0.2, 0.25) is 0 Å². The molecule has 1 aromatic heterocycles. The van der Waals surface area contributed by atoms with E-state index in [-0.39, 0.29) is 5.56 Å². The second kappa shape index (κ2) is 3.09. The van der Waals surface area contributed by atoms with Crippen LogP contribution in [0.15, 0.2) is 6.20 Å². The number of carbonyl (C=O) groups is 1. The van der Waals surface area contributed by atoms with Crippen LogP contribution in [0, 0.1) is 19.3 Å². The molecular weight excluding hydrogens is 156 g/mol. The highest BCUT2D eigenvalue weighted by atomic mass is 16.4. The number of hydrogen-bond acceptors (Lipinski definition) is 2. The van der Waals surface area contributed by atoms with Gasteiger partial charge in [-0.1, -0.05) is 5.92 Å². The topological polar surface area (TPSA) is 55.1 Å². The van der Waals surface area contributed by atoms with Crippen LogP contribution < -0.4 is 0 Å². The van der Waals surface area contributed by atoms with Gasteiger partial charge in [0.05, 0.1) is 11.9 Å². The molecule has 0 amide bonds. The van der Waals surface area contributed by atoms with Gasteiger partial charge in [-0.3, -0.25) is 4.68 Å². The molecule has 0 saturated carbocycles. The van der Waals surface area contributed by atoms with Gasteiger partial charge in [0.2, 0.25) is 0 Å². The maximum absolute atomic E-state index is 10.5. The molecule has 1 aromatic rings. The summed E-state index contributed by atoms with van der Waals surface area (Å²) in [5, 5.41) is 12.5. The average molecular weight is 164 g/mol. The average Bonchev–Trinajstić information content (AvgIpc) is 2.34. The largest absolute Gasteiger partial charge is 0.478 e. The summed E-state index contributed by atoms with van der Waals surface area (Å²) in [5.74, 6) is 1.41. The Morgan fingerprint density at radius 3 is 3.00 bits per heavy atom. The van der Waals surface area contributed by atoms with Gasteiger partial charge < -0.3 is 5.11 Å². The smallest absolute Gasteiger partial charge is 0.339 e. The van der Waals surface area contributed by atoms with E-state index in [1.54, 1.807) is 6.92 Å².